The predicted molar refractivity (Wildman–Crippen MR) is 70.7 cm³/mol. The number of ether oxygens (including phenoxy) is 1. The number of benzene rings is 1. The lowest BCUT2D eigenvalue weighted by atomic mass is 9.91. The molecule has 0 aliphatic carbocycles. The molecule has 0 aromatic heterocycles. The smallest absolute Gasteiger partial charge is 0.306 e. The molecule has 0 saturated carbocycles. The van der Waals surface area contributed by atoms with Crippen LogP contribution in [-0.4, -0.2) is 12.6 Å². The second-order valence-electron chi connectivity index (χ2n) is 4.22. The molecule has 1 aromatic carbocycles. The third kappa shape index (κ3) is 3.88. The fraction of sp³-hybridized carbons (Fsp3) is 0.400. The number of carbonyl (C=O) groups is 1. The zero-order valence-electron chi connectivity index (χ0n) is 11.2. The van der Waals surface area contributed by atoms with Crippen LogP contribution < -0.4 is 0 Å². The Labute approximate surface area is 112 Å². The predicted octanol–water partition coefficient (Wildman–Crippen LogP) is 4.05. The van der Waals surface area contributed by atoms with Crippen molar-refractivity contribution in [3.05, 3.63) is 41.5 Å². The van der Waals surface area contributed by atoms with Crippen LogP contribution in [-0.2, 0) is 9.53 Å². The van der Waals surface area contributed by atoms with Crippen molar-refractivity contribution in [2.24, 2.45) is 0 Å². The molecule has 19 heavy (non-hydrogen) atoms. The topological polar surface area (TPSA) is 26.3 Å². The second-order valence-corrected chi connectivity index (χ2v) is 4.22. The van der Waals surface area contributed by atoms with Crippen molar-refractivity contribution < 1.29 is 18.3 Å². The molecule has 0 aliphatic rings. The van der Waals surface area contributed by atoms with E-state index in [0.29, 0.717) is 18.6 Å². The monoisotopic (exact) mass is 268 g/mol. The Hall–Kier alpha value is -1.71. The van der Waals surface area contributed by atoms with E-state index >= 15 is 0 Å². The third-order valence-corrected chi connectivity index (χ3v) is 2.98. The van der Waals surface area contributed by atoms with Crippen molar-refractivity contribution in [1.82, 2.24) is 0 Å². The van der Waals surface area contributed by atoms with Gasteiger partial charge in [0.15, 0.2) is 11.6 Å². The summed E-state index contributed by atoms with van der Waals surface area (Å²) in [5.41, 5.74) is 0.696. The summed E-state index contributed by atoms with van der Waals surface area (Å²) in [5.74, 6) is -2.36. The molecule has 0 fully saturated rings. The van der Waals surface area contributed by atoms with Gasteiger partial charge >= 0.3 is 5.97 Å². The number of halogens is 2. The summed E-state index contributed by atoms with van der Waals surface area (Å²) in [4.78, 5) is 11.5. The zero-order valence-corrected chi connectivity index (χ0v) is 11.2. The molecular formula is C15H18F2O2. The molecule has 2 nitrogen and oxygen atoms in total. The van der Waals surface area contributed by atoms with E-state index < -0.39 is 11.6 Å². The molecule has 0 bridgehead atoms. The summed E-state index contributed by atoms with van der Waals surface area (Å²) in [6.45, 7) is 7.38. The van der Waals surface area contributed by atoms with Crippen molar-refractivity contribution in [3.8, 4) is 0 Å². The van der Waals surface area contributed by atoms with Gasteiger partial charge in [-0.15, -0.1) is 0 Å². The number of carbonyl (C=O) groups excluding carboxylic acids is 1. The first-order valence-electron chi connectivity index (χ1n) is 6.30. The summed E-state index contributed by atoms with van der Waals surface area (Å²) >= 11 is 0. The Morgan fingerprint density at radius 1 is 1.42 bits per heavy atom. The van der Waals surface area contributed by atoms with Crippen LogP contribution in [0.5, 0.6) is 0 Å². The normalized spacial score (nSPS) is 12.0. The van der Waals surface area contributed by atoms with E-state index in [1.165, 1.54) is 12.1 Å². The van der Waals surface area contributed by atoms with Crippen molar-refractivity contribution >= 4 is 12.0 Å². The highest BCUT2D eigenvalue weighted by Gasteiger charge is 2.18. The van der Waals surface area contributed by atoms with Crippen LogP contribution in [0.15, 0.2) is 18.7 Å². The van der Waals surface area contributed by atoms with Crippen LogP contribution in [0.4, 0.5) is 8.78 Å². The first-order valence-corrected chi connectivity index (χ1v) is 6.30. The zero-order chi connectivity index (χ0) is 14.4. The molecule has 4 heteroatoms. The van der Waals surface area contributed by atoms with Gasteiger partial charge < -0.3 is 4.74 Å². The molecule has 1 aromatic rings. The van der Waals surface area contributed by atoms with E-state index in [1.54, 1.807) is 6.92 Å². The molecule has 104 valence electrons. The van der Waals surface area contributed by atoms with E-state index in [4.69, 9.17) is 4.74 Å². The number of hydrogen-bond acceptors (Lipinski definition) is 2. The standard InChI is InChI=1S/C15H18F2O2/c1-4-10(9-14(18)19-6-3)12-7-11(5-2)15(17)13(16)8-12/h5,7-8,10H,2,4,6,9H2,1,3H3. The van der Waals surface area contributed by atoms with E-state index in [0.717, 1.165) is 6.07 Å². The highest BCUT2D eigenvalue weighted by atomic mass is 19.2. The van der Waals surface area contributed by atoms with Crippen molar-refractivity contribution in [2.45, 2.75) is 32.6 Å². The van der Waals surface area contributed by atoms with Gasteiger partial charge in [0.05, 0.1) is 13.0 Å². The number of rotatable bonds is 6. The van der Waals surface area contributed by atoms with Crippen LogP contribution in [0, 0.1) is 11.6 Å². The minimum absolute atomic E-state index is 0.109. The quantitative estimate of drug-likeness (QED) is 0.727. The van der Waals surface area contributed by atoms with Crippen molar-refractivity contribution in [1.29, 1.82) is 0 Å². The first kappa shape index (κ1) is 15.3. The summed E-state index contributed by atoms with van der Waals surface area (Å²) in [6, 6.07) is 2.66. The Morgan fingerprint density at radius 3 is 2.63 bits per heavy atom. The molecule has 0 radical (unpaired) electrons. The van der Waals surface area contributed by atoms with Crippen molar-refractivity contribution in [3.63, 3.8) is 0 Å². The SMILES string of the molecule is C=Cc1cc(C(CC)CC(=O)OCC)cc(F)c1F. The average molecular weight is 268 g/mol. The Kier molecular flexibility index (Phi) is 5.67. The first-order chi connectivity index (χ1) is 9.03. The Balaban J connectivity index is 3.01. The molecule has 1 rings (SSSR count). The minimum Gasteiger partial charge on any atom is -0.466 e. The van der Waals surface area contributed by atoms with E-state index in [9.17, 15) is 13.6 Å². The fourth-order valence-electron chi connectivity index (χ4n) is 1.94. The lowest BCUT2D eigenvalue weighted by Gasteiger charge is -2.15. The molecular weight excluding hydrogens is 250 g/mol. The van der Waals surface area contributed by atoms with Gasteiger partial charge in [-0.05, 0) is 37.0 Å². The van der Waals surface area contributed by atoms with Gasteiger partial charge in [-0.1, -0.05) is 19.6 Å². The van der Waals surface area contributed by atoms with Gasteiger partial charge in [0.2, 0.25) is 0 Å². The van der Waals surface area contributed by atoms with Gasteiger partial charge in [0.25, 0.3) is 0 Å². The van der Waals surface area contributed by atoms with Gasteiger partial charge in [-0.2, -0.15) is 0 Å². The van der Waals surface area contributed by atoms with E-state index in [2.05, 4.69) is 6.58 Å². The molecule has 0 saturated heterocycles. The highest BCUT2D eigenvalue weighted by Crippen LogP contribution is 2.27. The highest BCUT2D eigenvalue weighted by molar-refractivity contribution is 5.70. The molecule has 1 unspecified atom stereocenters. The fourth-order valence-corrected chi connectivity index (χ4v) is 1.94. The lowest BCUT2D eigenvalue weighted by Crippen LogP contribution is -2.10. The lowest BCUT2D eigenvalue weighted by molar-refractivity contribution is -0.143. The molecule has 0 N–H and O–H groups in total. The summed E-state index contributed by atoms with van der Waals surface area (Å²) in [6.07, 6.45) is 2.06. The molecule has 0 spiro atoms. The van der Waals surface area contributed by atoms with Crippen LogP contribution >= 0.6 is 0 Å². The number of esters is 1. The molecule has 0 amide bonds. The maximum Gasteiger partial charge on any atom is 0.306 e. The van der Waals surface area contributed by atoms with Gasteiger partial charge in [0, 0.05) is 5.56 Å². The molecule has 1 atom stereocenters. The van der Waals surface area contributed by atoms with E-state index in [-0.39, 0.29) is 23.9 Å². The summed E-state index contributed by atoms with van der Waals surface area (Å²) < 4.78 is 31.7. The maximum atomic E-state index is 13.5. The van der Waals surface area contributed by atoms with Crippen LogP contribution in [0.1, 0.15) is 43.7 Å². The Morgan fingerprint density at radius 2 is 2.11 bits per heavy atom. The summed E-state index contributed by atoms with van der Waals surface area (Å²) in [7, 11) is 0. The molecule has 0 heterocycles. The Bertz CT molecular complexity index is 469. The van der Waals surface area contributed by atoms with Gasteiger partial charge in [0.1, 0.15) is 0 Å². The largest absolute Gasteiger partial charge is 0.466 e. The molecule has 0 aliphatic heterocycles. The number of hydrogen-bond donors (Lipinski definition) is 0. The van der Waals surface area contributed by atoms with Gasteiger partial charge in [-0.25, -0.2) is 8.78 Å². The van der Waals surface area contributed by atoms with Crippen molar-refractivity contribution in [2.75, 3.05) is 6.61 Å². The van der Waals surface area contributed by atoms with Crippen LogP contribution in [0.25, 0.3) is 6.08 Å². The van der Waals surface area contributed by atoms with Gasteiger partial charge in [-0.3, -0.25) is 4.79 Å². The average Bonchev–Trinajstić information content (AvgIpc) is 2.39. The second kappa shape index (κ2) is 7.02. The van der Waals surface area contributed by atoms with Crippen LogP contribution in [0.2, 0.25) is 0 Å². The van der Waals surface area contributed by atoms with E-state index in [1.807, 2.05) is 6.92 Å². The van der Waals surface area contributed by atoms with Crippen LogP contribution in [0.3, 0.4) is 0 Å². The third-order valence-electron chi connectivity index (χ3n) is 2.98. The maximum absolute atomic E-state index is 13.5. The minimum atomic E-state index is -0.922. The summed E-state index contributed by atoms with van der Waals surface area (Å²) in [5, 5.41) is 0.